The molecule has 1 aromatic heterocycles. The van der Waals surface area contributed by atoms with Crippen LogP contribution < -0.4 is 5.32 Å². The number of nitrogens with zero attached hydrogens (tertiary/aromatic N) is 2. The van der Waals surface area contributed by atoms with Crippen molar-refractivity contribution in [3.05, 3.63) is 35.7 Å². The minimum absolute atomic E-state index is 0.165. The van der Waals surface area contributed by atoms with Gasteiger partial charge in [-0.05, 0) is 12.5 Å². The van der Waals surface area contributed by atoms with Gasteiger partial charge in [0.1, 0.15) is 0 Å². The molecular weight excluding hydrogens is 327 g/mol. The Morgan fingerprint density at radius 2 is 1.92 bits per heavy atom. The summed E-state index contributed by atoms with van der Waals surface area (Å²) in [6, 6.07) is 6.42. The van der Waals surface area contributed by atoms with E-state index in [1.807, 2.05) is 0 Å². The zero-order chi connectivity index (χ0) is 18.0. The first-order valence-corrected chi connectivity index (χ1v) is 6.95. The van der Waals surface area contributed by atoms with Crippen LogP contribution in [0.1, 0.15) is 25.3 Å². The Morgan fingerprint density at radius 3 is 2.38 bits per heavy atom. The average Bonchev–Trinajstić information content (AvgIpc) is 2.96. The van der Waals surface area contributed by atoms with Gasteiger partial charge in [-0.15, -0.1) is 0 Å². The first-order chi connectivity index (χ1) is 11.2. The highest BCUT2D eigenvalue weighted by molar-refractivity contribution is 5.74. The molecule has 6 nitrogen and oxygen atoms in total. The molecule has 0 aliphatic carbocycles. The molecule has 1 heterocycles. The Labute approximate surface area is 136 Å². The first-order valence-electron chi connectivity index (χ1n) is 6.95. The van der Waals surface area contributed by atoms with Gasteiger partial charge in [-0.3, -0.25) is 4.79 Å². The molecule has 24 heavy (non-hydrogen) atoms. The number of benzene rings is 1. The number of amides is 1. The number of alkyl halides is 3. The zero-order valence-electron chi connectivity index (χ0n) is 13.3. The number of carbonyl (C=O) groups excluding carboxylic acids is 1. The molecule has 1 unspecified atom stereocenters. The van der Waals surface area contributed by atoms with Gasteiger partial charge in [-0.1, -0.05) is 29.4 Å². The molecular formula is C15H16F3N3O3. The molecule has 0 bridgehead atoms. The second-order valence-electron chi connectivity index (χ2n) is 5.44. The number of nitrogens with one attached hydrogen (secondary N) is 1. The van der Waals surface area contributed by atoms with E-state index in [4.69, 9.17) is 4.74 Å². The third kappa shape index (κ3) is 3.91. The summed E-state index contributed by atoms with van der Waals surface area (Å²) in [4.78, 5) is 14.7. The molecule has 2 rings (SSSR count). The minimum Gasteiger partial charge on any atom is -0.382 e. The molecule has 1 aromatic carbocycles. The topological polar surface area (TPSA) is 77.2 Å². The monoisotopic (exact) mass is 343 g/mol. The van der Waals surface area contributed by atoms with Crippen molar-refractivity contribution in [3.8, 4) is 11.4 Å². The number of aromatic nitrogens is 2. The van der Waals surface area contributed by atoms with E-state index >= 15 is 0 Å². The Balaban J connectivity index is 2.29. The van der Waals surface area contributed by atoms with Crippen molar-refractivity contribution in [2.24, 2.45) is 0 Å². The summed E-state index contributed by atoms with van der Waals surface area (Å²) >= 11 is 0. The van der Waals surface area contributed by atoms with Crippen LogP contribution in [0.3, 0.4) is 0 Å². The molecule has 0 saturated carbocycles. The maximum absolute atomic E-state index is 12.5. The van der Waals surface area contributed by atoms with E-state index < -0.39 is 17.6 Å². The summed E-state index contributed by atoms with van der Waals surface area (Å²) < 4.78 is 46.8. The fraction of sp³-hybridized carbons (Fsp3) is 0.400. The highest BCUT2D eigenvalue weighted by atomic mass is 19.4. The Bertz CT molecular complexity index is 713. The van der Waals surface area contributed by atoms with Crippen molar-refractivity contribution < 1.29 is 27.2 Å². The maximum atomic E-state index is 12.5. The second-order valence-corrected chi connectivity index (χ2v) is 5.44. The molecule has 0 aliphatic heterocycles. The number of halogens is 3. The van der Waals surface area contributed by atoms with Crippen LogP contribution in [0.25, 0.3) is 11.4 Å². The van der Waals surface area contributed by atoms with E-state index in [2.05, 4.69) is 20.0 Å². The van der Waals surface area contributed by atoms with E-state index in [0.717, 1.165) is 5.56 Å². The Morgan fingerprint density at radius 1 is 1.29 bits per heavy atom. The molecule has 1 atom stereocenters. The van der Waals surface area contributed by atoms with Gasteiger partial charge in [0.15, 0.2) is 0 Å². The van der Waals surface area contributed by atoms with Gasteiger partial charge in [0.05, 0.1) is 12.1 Å². The van der Waals surface area contributed by atoms with Crippen molar-refractivity contribution >= 4 is 5.91 Å². The van der Waals surface area contributed by atoms with Crippen LogP contribution in [-0.4, -0.2) is 29.8 Å². The van der Waals surface area contributed by atoms with Gasteiger partial charge in [0.25, 0.3) is 0 Å². The van der Waals surface area contributed by atoms with Gasteiger partial charge in [-0.2, -0.15) is 18.2 Å². The fourth-order valence-corrected chi connectivity index (χ4v) is 2.31. The molecule has 1 amide bonds. The molecule has 0 saturated heterocycles. The Kier molecular flexibility index (Phi) is 4.93. The SMILES string of the molecule is COCC(C)(NC(C)=O)c1ccc(-c2noc(C(F)(F)F)n2)cc1. The molecule has 0 fully saturated rings. The fourth-order valence-electron chi connectivity index (χ4n) is 2.31. The quantitative estimate of drug-likeness (QED) is 0.903. The van der Waals surface area contributed by atoms with E-state index in [9.17, 15) is 18.0 Å². The van der Waals surface area contributed by atoms with Crippen molar-refractivity contribution in [1.29, 1.82) is 0 Å². The lowest BCUT2D eigenvalue weighted by Gasteiger charge is -2.30. The normalized spacial score (nSPS) is 14.2. The van der Waals surface area contributed by atoms with Gasteiger partial charge in [0.2, 0.25) is 11.7 Å². The number of ether oxygens (including phenoxy) is 1. The maximum Gasteiger partial charge on any atom is 0.471 e. The van der Waals surface area contributed by atoms with Gasteiger partial charge >= 0.3 is 12.1 Å². The van der Waals surface area contributed by atoms with Crippen molar-refractivity contribution in [1.82, 2.24) is 15.5 Å². The Hall–Kier alpha value is -2.42. The standard InChI is InChI=1S/C15H16F3N3O3/c1-9(22)20-14(2,8-23-3)11-6-4-10(5-7-11)12-19-13(24-21-12)15(16,17)18/h4-7H,8H2,1-3H3,(H,20,22). The molecule has 0 aliphatic rings. The van der Waals surface area contributed by atoms with Crippen molar-refractivity contribution in [3.63, 3.8) is 0 Å². The average molecular weight is 343 g/mol. The van der Waals surface area contributed by atoms with Gasteiger partial charge in [-0.25, -0.2) is 0 Å². The van der Waals surface area contributed by atoms with Gasteiger partial charge < -0.3 is 14.6 Å². The van der Waals surface area contributed by atoms with E-state index in [1.54, 1.807) is 31.2 Å². The third-order valence-corrected chi connectivity index (χ3v) is 3.33. The van der Waals surface area contributed by atoms with Crippen LogP contribution in [0.2, 0.25) is 0 Å². The predicted octanol–water partition coefficient (Wildman–Crippen LogP) is 2.75. The molecule has 0 radical (unpaired) electrons. The van der Waals surface area contributed by atoms with Crippen LogP contribution in [-0.2, 0) is 21.2 Å². The summed E-state index contributed by atoms with van der Waals surface area (Å²) in [5.41, 5.74) is 0.316. The van der Waals surface area contributed by atoms with Gasteiger partial charge in [0, 0.05) is 19.6 Å². The van der Waals surface area contributed by atoms with Crippen molar-refractivity contribution in [2.75, 3.05) is 13.7 Å². The van der Waals surface area contributed by atoms with E-state index in [-0.39, 0.29) is 18.3 Å². The highest BCUT2D eigenvalue weighted by Gasteiger charge is 2.38. The lowest BCUT2D eigenvalue weighted by molar-refractivity contribution is -0.159. The summed E-state index contributed by atoms with van der Waals surface area (Å²) in [5.74, 6) is -1.79. The number of hydrogen-bond acceptors (Lipinski definition) is 5. The van der Waals surface area contributed by atoms with Crippen LogP contribution in [0, 0.1) is 0 Å². The highest BCUT2D eigenvalue weighted by Crippen LogP contribution is 2.30. The lowest BCUT2D eigenvalue weighted by atomic mass is 9.92. The van der Waals surface area contributed by atoms with Crippen molar-refractivity contribution in [2.45, 2.75) is 25.6 Å². The largest absolute Gasteiger partial charge is 0.471 e. The summed E-state index contributed by atoms with van der Waals surface area (Å²) in [7, 11) is 1.51. The number of hydrogen-bond donors (Lipinski definition) is 1. The van der Waals surface area contributed by atoms with Crippen LogP contribution in [0.5, 0.6) is 0 Å². The smallest absolute Gasteiger partial charge is 0.382 e. The number of rotatable bonds is 5. The van der Waals surface area contributed by atoms with Crippen LogP contribution >= 0.6 is 0 Å². The molecule has 1 N–H and O–H groups in total. The van der Waals surface area contributed by atoms with Crippen LogP contribution in [0.4, 0.5) is 13.2 Å². The molecule has 2 aromatic rings. The number of carbonyl (C=O) groups is 1. The number of methoxy groups -OCH3 is 1. The summed E-state index contributed by atoms with van der Waals surface area (Å²) in [6.45, 7) is 3.40. The molecule has 9 heteroatoms. The minimum atomic E-state index is -4.69. The summed E-state index contributed by atoms with van der Waals surface area (Å²) in [6.07, 6.45) is -4.69. The predicted molar refractivity (Wildman–Crippen MR) is 77.8 cm³/mol. The lowest BCUT2D eigenvalue weighted by Crippen LogP contribution is -2.45. The first kappa shape index (κ1) is 17.9. The van der Waals surface area contributed by atoms with Crippen LogP contribution in [0.15, 0.2) is 28.8 Å². The summed E-state index contributed by atoms with van der Waals surface area (Å²) in [5, 5.41) is 6.12. The second kappa shape index (κ2) is 6.60. The molecule has 0 spiro atoms. The van der Waals surface area contributed by atoms with E-state index in [0.29, 0.717) is 5.56 Å². The third-order valence-electron chi connectivity index (χ3n) is 3.33. The molecule has 130 valence electrons. The van der Waals surface area contributed by atoms with E-state index in [1.165, 1.54) is 14.0 Å². The zero-order valence-corrected chi connectivity index (χ0v) is 13.3.